The summed E-state index contributed by atoms with van der Waals surface area (Å²) in [6.45, 7) is 0. The second-order valence-corrected chi connectivity index (χ2v) is 5.85. The van der Waals surface area contributed by atoms with Crippen LogP contribution in [0, 0.1) is 0 Å². The lowest BCUT2D eigenvalue weighted by Crippen LogP contribution is -2.19. The van der Waals surface area contributed by atoms with Gasteiger partial charge in [-0.25, -0.2) is 0 Å². The van der Waals surface area contributed by atoms with Crippen LogP contribution in [0.2, 0.25) is 0 Å². The fraction of sp³-hybridized carbons (Fsp3) is 0. The zero-order valence-electron chi connectivity index (χ0n) is 12.6. The van der Waals surface area contributed by atoms with Crippen molar-refractivity contribution in [1.82, 2.24) is 9.88 Å². The number of nitrogens with zero attached hydrogens (tertiary/aromatic N) is 1. The van der Waals surface area contributed by atoms with E-state index in [2.05, 4.69) is 9.88 Å². The number of hydrogen-bond donors (Lipinski definition) is 1. The molecular formula is C20H12N2O2. The Hall–Kier alpha value is -3.40. The van der Waals surface area contributed by atoms with Crippen LogP contribution in [0.25, 0.3) is 27.5 Å². The van der Waals surface area contributed by atoms with Gasteiger partial charge < -0.3 is 4.57 Å². The molecule has 0 atom stereocenters. The van der Waals surface area contributed by atoms with Crippen LogP contribution in [-0.4, -0.2) is 16.4 Å². The lowest BCUT2D eigenvalue weighted by atomic mass is 10.0. The average molecular weight is 312 g/mol. The van der Waals surface area contributed by atoms with Crippen LogP contribution in [0.5, 0.6) is 0 Å². The molecule has 1 aromatic heterocycles. The largest absolute Gasteiger partial charge is 0.309 e. The van der Waals surface area contributed by atoms with Gasteiger partial charge in [-0.1, -0.05) is 36.4 Å². The third kappa shape index (κ3) is 1.57. The highest BCUT2D eigenvalue weighted by Crippen LogP contribution is 2.36. The summed E-state index contributed by atoms with van der Waals surface area (Å²) in [5.41, 5.74) is 3.88. The Morgan fingerprint density at radius 2 is 1.46 bits per heavy atom. The SMILES string of the molecule is O=C1NC(=O)c2c1ccc1c2c2ccccc2n1-c1ccccc1. The number of carbonyl (C=O) groups is 2. The van der Waals surface area contributed by atoms with Gasteiger partial charge in [-0.2, -0.15) is 0 Å². The quantitative estimate of drug-likeness (QED) is 0.545. The van der Waals surface area contributed by atoms with Crippen molar-refractivity contribution in [3.8, 4) is 5.69 Å². The third-order valence-corrected chi connectivity index (χ3v) is 4.55. The number of carbonyl (C=O) groups excluding carboxylic acids is 2. The van der Waals surface area contributed by atoms with Gasteiger partial charge in [0.25, 0.3) is 11.8 Å². The number of amides is 2. The summed E-state index contributed by atoms with van der Waals surface area (Å²) in [6, 6.07) is 21.6. The predicted molar refractivity (Wildman–Crippen MR) is 92.6 cm³/mol. The molecule has 0 bridgehead atoms. The second kappa shape index (κ2) is 4.55. The molecule has 0 saturated carbocycles. The predicted octanol–water partition coefficient (Wildman–Crippen LogP) is 3.67. The first-order chi connectivity index (χ1) is 11.8. The summed E-state index contributed by atoms with van der Waals surface area (Å²) >= 11 is 0. The molecule has 0 fully saturated rings. The maximum atomic E-state index is 12.3. The standard InChI is InChI=1S/C20H12N2O2/c23-19-14-10-11-16-17(18(14)20(24)21-19)13-8-4-5-9-15(13)22(16)12-6-2-1-3-7-12/h1-11H,(H,21,23,24). The smallest absolute Gasteiger partial charge is 0.259 e. The topological polar surface area (TPSA) is 51.1 Å². The first-order valence-electron chi connectivity index (χ1n) is 7.73. The Balaban J connectivity index is 2.03. The molecule has 24 heavy (non-hydrogen) atoms. The van der Waals surface area contributed by atoms with Crippen LogP contribution >= 0.6 is 0 Å². The van der Waals surface area contributed by atoms with E-state index in [4.69, 9.17) is 0 Å². The lowest BCUT2D eigenvalue weighted by molar-refractivity contribution is 0.0880. The van der Waals surface area contributed by atoms with Crippen molar-refractivity contribution in [2.45, 2.75) is 0 Å². The van der Waals surface area contributed by atoms with E-state index in [1.165, 1.54) is 0 Å². The van der Waals surface area contributed by atoms with Gasteiger partial charge in [0.1, 0.15) is 0 Å². The Morgan fingerprint density at radius 3 is 2.29 bits per heavy atom. The summed E-state index contributed by atoms with van der Waals surface area (Å²) in [4.78, 5) is 24.3. The number of para-hydroxylation sites is 2. The molecular weight excluding hydrogens is 300 g/mol. The number of hydrogen-bond acceptors (Lipinski definition) is 2. The number of nitrogens with one attached hydrogen (secondary N) is 1. The Labute approximate surface area is 137 Å². The number of fused-ring (bicyclic) bond motifs is 5. The van der Waals surface area contributed by atoms with Crippen molar-refractivity contribution >= 4 is 33.6 Å². The molecule has 4 nitrogen and oxygen atoms in total. The van der Waals surface area contributed by atoms with Crippen LogP contribution in [-0.2, 0) is 0 Å². The summed E-state index contributed by atoms with van der Waals surface area (Å²) < 4.78 is 2.13. The first kappa shape index (κ1) is 13.1. The van der Waals surface area contributed by atoms with Gasteiger partial charge in [0, 0.05) is 16.5 Å². The van der Waals surface area contributed by atoms with Crippen molar-refractivity contribution in [1.29, 1.82) is 0 Å². The molecule has 0 saturated heterocycles. The van der Waals surface area contributed by atoms with Crippen molar-refractivity contribution in [2.24, 2.45) is 0 Å². The number of aromatic nitrogens is 1. The fourth-order valence-corrected chi connectivity index (χ4v) is 3.57. The van der Waals surface area contributed by atoms with Crippen molar-refractivity contribution in [3.05, 3.63) is 77.9 Å². The second-order valence-electron chi connectivity index (χ2n) is 5.85. The highest BCUT2D eigenvalue weighted by atomic mass is 16.2. The molecule has 5 rings (SSSR count). The van der Waals surface area contributed by atoms with E-state index in [0.29, 0.717) is 11.1 Å². The molecule has 114 valence electrons. The molecule has 0 unspecified atom stereocenters. The summed E-state index contributed by atoms with van der Waals surface area (Å²) in [7, 11) is 0. The van der Waals surface area contributed by atoms with Crippen LogP contribution in [0.1, 0.15) is 20.7 Å². The monoisotopic (exact) mass is 312 g/mol. The van der Waals surface area contributed by atoms with Gasteiger partial charge >= 0.3 is 0 Å². The van der Waals surface area contributed by atoms with Gasteiger partial charge in [-0.3, -0.25) is 14.9 Å². The number of imide groups is 1. The van der Waals surface area contributed by atoms with Crippen molar-refractivity contribution < 1.29 is 9.59 Å². The molecule has 2 amide bonds. The van der Waals surface area contributed by atoms with Crippen molar-refractivity contribution in [3.63, 3.8) is 0 Å². The van der Waals surface area contributed by atoms with E-state index in [1.54, 1.807) is 6.07 Å². The lowest BCUT2D eigenvalue weighted by Gasteiger charge is -2.07. The van der Waals surface area contributed by atoms with Gasteiger partial charge in [0.2, 0.25) is 0 Å². The Kier molecular flexibility index (Phi) is 2.48. The fourth-order valence-electron chi connectivity index (χ4n) is 3.57. The zero-order chi connectivity index (χ0) is 16.3. The molecule has 0 aliphatic carbocycles. The first-order valence-corrected chi connectivity index (χ1v) is 7.73. The van der Waals surface area contributed by atoms with Gasteiger partial charge in [0.05, 0.1) is 22.2 Å². The van der Waals surface area contributed by atoms with Gasteiger partial charge in [-0.15, -0.1) is 0 Å². The van der Waals surface area contributed by atoms with E-state index >= 15 is 0 Å². The molecule has 1 N–H and O–H groups in total. The summed E-state index contributed by atoms with van der Waals surface area (Å²) in [5.74, 6) is -0.648. The average Bonchev–Trinajstić information content (AvgIpc) is 3.10. The molecule has 1 aliphatic heterocycles. The third-order valence-electron chi connectivity index (χ3n) is 4.55. The van der Waals surface area contributed by atoms with E-state index in [9.17, 15) is 9.59 Å². The molecule has 0 spiro atoms. The van der Waals surface area contributed by atoms with E-state index in [0.717, 1.165) is 27.5 Å². The Morgan fingerprint density at radius 1 is 0.708 bits per heavy atom. The van der Waals surface area contributed by atoms with Crippen molar-refractivity contribution in [2.75, 3.05) is 0 Å². The Bertz CT molecular complexity index is 1160. The number of benzene rings is 3. The molecule has 4 heteroatoms. The van der Waals surface area contributed by atoms with E-state index in [1.807, 2.05) is 60.7 Å². The van der Waals surface area contributed by atoms with Crippen LogP contribution in [0.15, 0.2) is 66.7 Å². The summed E-state index contributed by atoms with van der Waals surface area (Å²) in [5, 5.41) is 4.20. The van der Waals surface area contributed by atoms with Crippen LogP contribution < -0.4 is 5.32 Å². The minimum Gasteiger partial charge on any atom is -0.309 e. The summed E-state index contributed by atoms with van der Waals surface area (Å²) in [6.07, 6.45) is 0. The highest BCUT2D eigenvalue weighted by Gasteiger charge is 2.31. The molecule has 2 heterocycles. The number of rotatable bonds is 1. The maximum absolute atomic E-state index is 12.3. The van der Waals surface area contributed by atoms with Crippen LogP contribution in [0.3, 0.4) is 0 Å². The van der Waals surface area contributed by atoms with E-state index in [-0.39, 0.29) is 11.8 Å². The van der Waals surface area contributed by atoms with Gasteiger partial charge in [-0.05, 0) is 30.3 Å². The zero-order valence-corrected chi connectivity index (χ0v) is 12.6. The maximum Gasteiger partial charge on any atom is 0.259 e. The minimum absolute atomic E-state index is 0.323. The highest BCUT2D eigenvalue weighted by molar-refractivity contribution is 6.30. The van der Waals surface area contributed by atoms with Gasteiger partial charge in [0.15, 0.2) is 0 Å². The van der Waals surface area contributed by atoms with Crippen LogP contribution in [0.4, 0.5) is 0 Å². The van der Waals surface area contributed by atoms with E-state index < -0.39 is 0 Å². The molecule has 1 aliphatic rings. The molecule has 4 aromatic rings. The normalized spacial score (nSPS) is 13.5. The minimum atomic E-state index is -0.326. The molecule has 3 aromatic carbocycles. The molecule has 0 radical (unpaired) electrons.